The van der Waals surface area contributed by atoms with Gasteiger partial charge in [0.15, 0.2) is 0 Å². The van der Waals surface area contributed by atoms with Gasteiger partial charge in [-0.3, -0.25) is 4.21 Å². The molecule has 0 aliphatic carbocycles. The van der Waals surface area contributed by atoms with Gasteiger partial charge in [-0.05, 0) is 42.3 Å². The molecule has 0 amide bonds. The summed E-state index contributed by atoms with van der Waals surface area (Å²) >= 11 is 0. The van der Waals surface area contributed by atoms with Crippen LogP contribution in [0.15, 0.2) is 47.4 Å². The molecular formula is C15H16FNOS. The van der Waals surface area contributed by atoms with Gasteiger partial charge in [0.05, 0.1) is 5.69 Å². The lowest BCUT2D eigenvalue weighted by Crippen LogP contribution is -2.02. The molecule has 0 heterocycles. The van der Waals surface area contributed by atoms with Gasteiger partial charge in [-0.15, -0.1) is 0 Å². The molecule has 19 heavy (non-hydrogen) atoms. The fraction of sp³-hybridized carbons (Fsp3) is 0.200. The van der Waals surface area contributed by atoms with Crippen LogP contribution in [0.3, 0.4) is 0 Å². The standard InChI is InChI=1S/C15H16FNOS/c1-11-3-8-14(16)15(9-11)17-10-12-4-6-13(7-5-12)19(2)18/h3-9,17H,10H2,1-2H3/t19-/m1/s1. The van der Waals surface area contributed by atoms with Crippen molar-refractivity contribution in [3.63, 3.8) is 0 Å². The summed E-state index contributed by atoms with van der Waals surface area (Å²) in [5, 5.41) is 3.07. The minimum atomic E-state index is -0.964. The minimum absolute atomic E-state index is 0.253. The van der Waals surface area contributed by atoms with Crippen LogP contribution in [0.1, 0.15) is 11.1 Å². The van der Waals surface area contributed by atoms with E-state index in [0.717, 1.165) is 16.0 Å². The lowest BCUT2D eigenvalue weighted by atomic mass is 10.2. The fourth-order valence-electron chi connectivity index (χ4n) is 1.77. The summed E-state index contributed by atoms with van der Waals surface area (Å²) in [5.74, 6) is -0.253. The molecule has 2 aromatic carbocycles. The zero-order valence-corrected chi connectivity index (χ0v) is 11.8. The quantitative estimate of drug-likeness (QED) is 0.927. The Morgan fingerprint density at radius 1 is 1.16 bits per heavy atom. The van der Waals surface area contributed by atoms with Crippen LogP contribution >= 0.6 is 0 Å². The number of rotatable bonds is 4. The average Bonchev–Trinajstić information content (AvgIpc) is 2.40. The molecule has 1 N–H and O–H groups in total. The van der Waals surface area contributed by atoms with Gasteiger partial charge in [-0.2, -0.15) is 0 Å². The van der Waals surface area contributed by atoms with Crippen LogP contribution in [0.4, 0.5) is 10.1 Å². The third-order valence-electron chi connectivity index (χ3n) is 2.86. The Labute approximate surface area is 115 Å². The van der Waals surface area contributed by atoms with Crippen molar-refractivity contribution in [2.45, 2.75) is 18.4 Å². The van der Waals surface area contributed by atoms with Crippen molar-refractivity contribution < 1.29 is 8.60 Å². The molecule has 0 aliphatic heterocycles. The van der Waals surface area contributed by atoms with Crippen LogP contribution < -0.4 is 5.32 Å². The van der Waals surface area contributed by atoms with Gasteiger partial charge in [-0.1, -0.05) is 18.2 Å². The monoisotopic (exact) mass is 277 g/mol. The lowest BCUT2D eigenvalue weighted by Gasteiger charge is -2.09. The molecule has 100 valence electrons. The summed E-state index contributed by atoms with van der Waals surface area (Å²) in [6.45, 7) is 2.47. The number of hydrogen-bond acceptors (Lipinski definition) is 2. The van der Waals surface area contributed by atoms with E-state index in [1.54, 1.807) is 18.4 Å². The Morgan fingerprint density at radius 2 is 1.84 bits per heavy atom. The second-order valence-electron chi connectivity index (χ2n) is 4.43. The number of anilines is 1. The van der Waals surface area contributed by atoms with Crippen LogP contribution in [0, 0.1) is 12.7 Å². The van der Waals surface area contributed by atoms with Crippen molar-refractivity contribution in [2.24, 2.45) is 0 Å². The van der Waals surface area contributed by atoms with Gasteiger partial charge >= 0.3 is 0 Å². The highest BCUT2D eigenvalue weighted by Crippen LogP contribution is 2.17. The molecule has 0 unspecified atom stereocenters. The third kappa shape index (κ3) is 3.64. The predicted octanol–water partition coefficient (Wildman–Crippen LogP) is 3.48. The molecule has 0 saturated carbocycles. The zero-order valence-electron chi connectivity index (χ0n) is 10.9. The topological polar surface area (TPSA) is 29.1 Å². The first-order chi connectivity index (χ1) is 9.06. The van der Waals surface area contributed by atoms with E-state index < -0.39 is 10.8 Å². The summed E-state index contributed by atoms with van der Waals surface area (Å²) in [4.78, 5) is 0.797. The molecule has 0 bridgehead atoms. The van der Waals surface area contributed by atoms with Crippen LogP contribution in [-0.4, -0.2) is 10.5 Å². The zero-order chi connectivity index (χ0) is 13.8. The molecule has 0 aliphatic rings. The van der Waals surface area contributed by atoms with E-state index in [9.17, 15) is 8.60 Å². The first kappa shape index (κ1) is 13.7. The van der Waals surface area contributed by atoms with Gasteiger partial charge in [0.2, 0.25) is 0 Å². The second-order valence-corrected chi connectivity index (χ2v) is 5.81. The van der Waals surface area contributed by atoms with Gasteiger partial charge in [0.1, 0.15) is 5.82 Å². The number of benzene rings is 2. The van der Waals surface area contributed by atoms with Gasteiger partial charge < -0.3 is 5.32 Å². The van der Waals surface area contributed by atoms with Crippen LogP contribution in [0.25, 0.3) is 0 Å². The minimum Gasteiger partial charge on any atom is -0.379 e. The molecular weight excluding hydrogens is 261 g/mol. The van der Waals surface area contributed by atoms with Gasteiger partial charge in [-0.25, -0.2) is 4.39 Å². The van der Waals surface area contributed by atoms with E-state index >= 15 is 0 Å². The van der Waals surface area contributed by atoms with Gasteiger partial charge in [0, 0.05) is 28.5 Å². The SMILES string of the molecule is Cc1ccc(F)c(NCc2ccc([S@@](C)=O)cc2)c1. The Morgan fingerprint density at radius 3 is 2.47 bits per heavy atom. The van der Waals surface area contributed by atoms with Crippen molar-refractivity contribution in [1.29, 1.82) is 0 Å². The van der Waals surface area contributed by atoms with Crippen molar-refractivity contribution in [1.82, 2.24) is 0 Å². The van der Waals surface area contributed by atoms with Crippen LogP contribution in [0.2, 0.25) is 0 Å². The summed E-state index contributed by atoms with van der Waals surface area (Å²) in [5.41, 5.74) is 2.54. The van der Waals surface area contributed by atoms with E-state index in [-0.39, 0.29) is 5.82 Å². The molecule has 0 radical (unpaired) electrons. The van der Waals surface area contributed by atoms with E-state index in [2.05, 4.69) is 5.32 Å². The molecule has 2 aromatic rings. The van der Waals surface area contributed by atoms with Gasteiger partial charge in [0.25, 0.3) is 0 Å². The van der Waals surface area contributed by atoms with Crippen LogP contribution in [-0.2, 0) is 17.3 Å². The van der Waals surface area contributed by atoms with Crippen molar-refractivity contribution in [2.75, 3.05) is 11.6 Å². The normalized spacial score (nSPS) is 12.2. The predicted molar refractivity (Wildman–Crippen MR) is 77.2 cm³/mol. The fourth-order valence-corrected chi connectivity index (χ4v) is 2.29. The highest BCUT2D eigenvalue weighted by atomic mass is 32.2. The molecule has 0 saturated heterocycles. The van der Waals surface area contributed by atoms with E-state index in [0.29, 0.717) is 12.2 Å². The molecule has 0 aromatic heterocycles. The summed E-state index contributed by atoms with van der Waals surface area (Å²) in [6.07, 6.45) is 1.65. The van der Waals surface area contributed by atoms with E-state index in [1.807, 2.05) is 31.2 Å². The van der Waals surface area contributed by atoms with Crippen molar-refractivity contribution in [3.05, 3.63) is 59.4 Å². The number of nitrogens with one attached hydrogen (secondary N) is 1. The molecule has 2 nitrogen and oxygen atoms in total. The van der Waals surface area contributed by atoms with Crippen molar-refractivity contribution in [3.8, 4) is 0 Å². The summed E-state index contributed by atoms with van der Waals surface area (Å²) in [7, 11) is -0.964. The number of aryl methyl sites for hydroxylation is 1. The van der Waals surface area contributed by atoms with Crippen LogP contribution in [0.5, 0.6) is 0 Å². The molecule has 4 heteroatoms. The third-order valence-corrected chi connectivity index (χ3v) is 3.80. The molecule has 2 rings (SSSR count). The van der Waals surface area contributed by atoms with E-state index in [1.165, 1.54) is 6.07 Å². The van der Waals surface area contributed by atoms with E-state index in [4.69, 9.17) is 0 Å². The Bertz CT molecular complexity index is 596. The molecule has 1 atom stereocenters. The lowest BCUT2D eigenvalue weighted by molar-refractivity contribution is 0.629. The highest BCUT2D eigenvalue weighted by molar-refractivity contribution is 7.84. The number of hydrogen-bond donors (Lipinski definition) is 1. The number of halogens is 1. The maximum absolute atomic E-state index is 13.5. The smallest absolute Gasteiger partial charge is 0.146 e. The van der Waals surface area contributed by atoms with Crippen molar-refractivity contribution >= 4 is 16.5 Å². The second kappa shape index (κ2) is 5.97. The average molecular weight is 277 g/mol. The maximum Gasteiger partial charge on any atom is 0.146 e. The first-order valence-corrected chi connectivity index (χ1v) is 7.54. The Hall–Kier alpha value is -1.68. The Balaban J connectivity index is 2.06. The summed E-state index contributed by atoms with van der Waals surface area (Å²) < 4.78 is 24.8. The Kier molecular flexibility index (Phi) is 4.32. The summed E-state index contributed by atoms with van der Waals surface area (Å²) in [6, 6.07) is 12.5. The maximum atomic E-state index is 13.5. The first-order valence-electron chi connectivity index (χ1n) is 5.98. The molecule has 0 fully saturated rings. The largest absolute Gasteiger partial charge is 0.379 e. The highest BCUT2D eigenvalue weighted by Gasteiger charge is 2.02. The molecule has 0 spiro atoms.